The molecule has 0 heterocycles. The van der Waals surface area contributed by atoms with E-state index in [9.17, 15) is 9.59 Å². The number of allylic oxidation sites excluding steroid dienone is 4. The molecule has 51 heavy (non-hydrogen) atoms. The summed E-state index contributed by atoms with van der Waals surface area (Å²) >= 11 is 0. The maximum atomic E-state index is 13.2. The number of carbonyl (C=O) groups is 2. The molecule has 0 N–H and O–H groups in total. The molecule has 0 fully saturated rings. The average Bonchev–Trinajstić information content (AvgIpc) is 3.13. The number of unbranched alkanes of at least 4 members (excludes halogenated alkanes) is 30. The van der Waals surface area contributed by atoms with Crippen molar-refractivity contribution < 1.29 is 14.3 Å². The fourth-order valence-corrected chi connectivity index (χ4v) is 7.01. The van der Waals surface area contributed by atoms with Gasteiger partial charge in [-0.1, -0.05) is 199 Å². The van der Waals surface area contributed by atoms with E-state index in [1.165, 1.54) is 186 Å². The van der Waals surface area contributed by atoms with Crippen LogP contribution in [0.5, 0.6) is 0 Å². The summed E-state index contributed by atoms with van der Waals surface area (Å²) in [6.07, 6.45) is 54.5. The third kappa shape index (κ3) is 39.7. The molecular weight excluding hydrogens is 625 g/mol. The molecule has 1 unspecified atom stereocenters. The van der Waals surface area contributed by atoms with Crippen molar-refractivity contribution in [3.05, 3.63) is 24.3 Å². The van der Waals surface area contributed by atoms with Gasteiger partial charge in [-0.05, 0) is 77.0 Å². The zero-order chi connectivity index (χ0) is 37.1. The van der Waals surface area contributed by atoms with Gasteiger partial charge in [0.25, 0.3) is 0 Å². The van der Waals surface area contributed by atoms with Gasteiger partial charge in [0.15, 0.2) is 11.9 Å². The Labute approximate surface area is 320 Å². The largest absolute Gasteiger partial charge is 0.454 e. The Hall–Kier alpha value is -1.38. The van der Waals surface area contributed by atoms with Gasteiger partial charge in [-0.3, -0.25) is 9.59 Å². The molecule has 0 spiro atoms. The van der Waals surface area contributed by atoms with E-state index in [2.05, 4.69) is 45.1 Å². The predicted molar refractivity (Wildman–Crippen MR) is 226 cm³/mol. The van der Waals surface area contributed by atoms with E-state index in [4.69, 9.17) is 4.74 Å². The van der Waals surface area contributed by atoms with Gasteiger partial charge >= 0.3 is 5.97 Å². The maximum Gasteiger partial charge on any atom is 0.306 e. The van der Waals surface area contributed by atoms with Gasteiger partial charge in [-0.2, -0.15) is 0 Å². The molecule has 0 aliphatic rings. The minimum absolute atomic E-state index is 0.157. The highest BCUT2D eigenvalue weighted by atomic mass is 16.5. The Morgan fingerprint density at radius 2 is 0.667 bits per heavy atom. The van der Waals surface area contributed by atoms with Crippen LogP contribution in [-0.4, -0.2) is 17.9 Å². The fraction of sp³-hybridized carbons (Fsp3) is 0.875. The van der Waals surface area contributed by atoms with Crippen LogP contribution in [0.2, 0.25) is 0 Å². The van der Waals surface area contributed by atoms with Crippen molar-refractivity contribution in [3.63, 3.8) is 0 Å². The van der Waals surface area contributed by atoms with Gasteiger partial charge in [0, 0.05) is 12.8 Å². The monoisotopic (exact) mass is 715 g/mol. The zero-order valence-electron chi connectivity index (χ0n) is 35.0. The molecule has 0 aromatic carbocycles. The Morgan fingerprint density at radius 1 is 0.373 bits per heavy atom. The van der Waals surface area contributed by atoms with Crippen LogP contribution in [0.15, 0.2) is 24.3 Å². The van der Waals surface area contributed by atoms with Crippen molar-refractivity contribution in [2.24, 2.45) is 0 Å². The van der Waals surface area contributed by atoms with Crippen LogP contribution < -0.4 is 0 Å². The molecule has 3 heteroatoms. The molecule has 0 amide bonds. The van der Waals surface area contributed by atoms with Crippen LogP contribution in [0.4, 0.5) is 0 Å². The Balaban J connectivity index is 4.20. The minimum Gasteiger partial charge on any atom is -0.454 e. The lowest BCUT2D eigenvalue weighted by Crippen LogP contribution is -2.27. The first kappa shape index (κ1) is 49.6. The number of carbonyl (C=O) groups excluding carboxylic acids is 2. The van der Waals surface area contributed by atoms with Crippen molar-refractivity contribution in [2.45, 2.75) is 271 Å². The van der Waals surface area contributed by atoms with Gasteiger partial charge in [-0.15, -0.1) is 0 Å². The SMILES string of the molecule is CCCCCCCCC=CCCCCCCCC(=O)OC(CCCCCCCCCCC)C(=O)CCCCCCCC=CCCCCCCCC. The molecule has 300 valence electrons. The summed E-state index contributed by atoms with van der Waals surface area (Å²) in [5.41, 5.74) is 0. The van der Waals surface area contributed by atoms with E-state index >= 15 is 0 Å². The van der Waals surface area contributed by atoms with Crippen molar-refractivity contribution in [1.82, 2.24) is 0 Å². The summed E-state index contributed by atoms with van der Waals surface area (Å²) in [6.45, 7) is 6.82. The molecule has 0 aliphatic heterocycles. The van der Waals surface area contributed by atoms with Crippen LogP contribution in [0.3, 0.4) is 0 Å². The van der Waals surface area contributed by atoms with Crippen LogP contribution >= 0.6 is 0 Å². The number of ketones is 1. The maximum absolute atomic E-state index is 13.2. The quantitative estimate of drug-likeness (QED) is 0.0359. The van der Waals surface area contributed by atoms with Gasteiger partial charge in [0.1, 0.15) is 0 Å². The van der Waals surface area contributed by atoms with E-state index in [-0.39, 0.29) is 11.8 Å². The minimum atomic E-state index is -0.526. The predicted octanol–water partition coefficient (Wildman–Crippen LogP) is 16.5. The molecule has 0 aromatic heterocycles. The second kappa shape index (κ2) is 43.0. The molecule has 0 aromatic rings. The summed E-state index contributed by atoms with van der Waals surface area (Å²) < 4.78 is 5.87. The molecule has 1 atom stereocenters. The van der Waals surface area contributed by atoms with Gasteiger partial charge in [0.2, 0.25) is 0 Å². The van der Waals surface area contributed by atoms with Crippen molar-refractivity contribution in [1.29, 1.82) is 0 Å². The molecule has 0 aliphatic carbocycles. The molecule has 0 rings (SSSR count). The lowest BCUT2D eigenvalue weighted by atomic mass is 10.00. The smallest absolute Gasteiger partial charge is 0.306 e. The lowest BCUT2D eigenvalue weighted by Gasteiger charge is -2.17. The van der Waals surface area contributed by atoms with E-state index in [1.807, 2.05) is 0 Å². The first-order chi connectivity index (χ1) is 25.2. The van der Waals surface area contributed by atoms with Gasteiger partial charge in [0.05, 0.1) is 0 Å². The van der Waals surface area contributed by atoms with E-state index < -0.39 is 6.10 Å². The lowest BCUT2D eigenvalue weighted by molar-refractivity contribution is -0.155. The molecule has 0 bridgehead atoms. The molecular formula is C48H90O3. The molecule has 0 saturated heterocycles. The number of hydrogen-bond acceptors (Lipinski definition) is 3. The highest BCUT2D eigenvalue weighted by Crippen LogP contribution is 2.18. The first-order valence-electron chi connectivity index (χ1n) is 23.2. The van der Waals surface area contributed by atoms with Gasteiger partial charge in [-0.25, -0.2) is 0 Å². The topological polar surface area (TPSA) is 43.4 Å². The second-order valence-electron chi connectivity index (χ2n) is 15.7. The van der Waals surface area contributed by atoms with E-state index in [1.54, 1.807) is 0 Å². The highest BCUT2D eigenvalue weighted by molar-refractivity contribution is 5.85. The standard InChI is InChI=1S/C48H90O3/c1-4-7-10-13-16-19-21-23-25-27-29-32-34-37-40-43-46(49)47(44-41-38-35-31-18-15-12-9-6-3)51-48(50)45-42-39-36-33-30-28-26-24-22-20-17-14-11-8-5-2/h23-26,47H,4-22,27-45H2,1-3H3. The molecule has 0 saturated carbocycles. The number of rotatable bonds is 42. The highest BCUT2D eigenvalue weighted by Gasteiger charge is 2.22. The van der Waals surface area contributed by atoms with Crippen molar-refractivity contribution in [2.75, 3.05) is 0 Å². The average molecular weight is 715 g/mol. The van der Waals surface area contributed by atoms with Gasteiger partial charge < -0.3 is 4.74 Å². The Kier molecular flexibility index (Phi) is 41.9. The molecule has 0 radical (unpaired) electrons. The van der Waals surface area contributed by atoms with E-state index in [0.29, 0.717) is 19.3 Å². The normalized spacial score (nSPS) is 12.4. The van der Waals surface area contributed by atoms with Crippen LogP contribution in [-0.2, 0) is 14.3 Å². The van der Waals surface area contributed by atoms with Crippen LogP contribution in [0, 0.1) is 0 Å². The fourth-order valence-electron chi connectivity index (χ4n) is 7.01. The van der Waals surface area contributed by atoms with Crippen LogP contribution in [0.1, 0.15) is 265 Å². The van der Waals surface area contributed by atoms with E-state index in [0.717, 1.165) is 38.5 Å². The summed E-state index contributed by atoms with van der Waals surface area (Å²) in [6, 6.07) is 0. The second-order valence-corrected chi connectivity index (χ2v) is 15.7. The number of esters is 1. The third-order valence-electron chi connectivity index (χ3n) is 10.5. The number of ether oxygens (including phenoxy) is 1. The summed E-state index contributed by atoms with van der Waals surface area (Å²) in [4.78, 5) is 26.0. The zero-order valence-corrected chi connectivity index (χ0v) is 35.0. The number of Topliss-reactive ketones (excluding diaryl/α,β-unsaturated/α-hetero) is 1. The Bertz CT molecular complexity index is 768. The summed E-state index contributed by atoms with van der Waals surface area (Å²) in [7, 11) is 0. The van der Waals surface area contributed by atoms with Crippen molar-refractivity contribution >= 4 is 11.8 Å². The van der Waals surface area contributed by atoms with Crippen molar-refractivity contribution in [3.8, 4) is 0 Å². The van der Waals surface area contributed by atoms with Crippen LogP contribution in [0.25, 0.3) is 0 Å². The summed E-state index contributed by atoms with van der Waals surface area (Å²) in [5.74, 6) is -0.00320. The Morgan fingerprint density at radius 3 is 1.04 bits per heavy atom. The number of hydrogen-bond donors (Lipinski definition) is 0. The summed E-state index contributed by atoms with van der Waals surface area (Å²) in [5, 5.41) is 0. The third-order valence-corrected chi connectivity index (χ3v) is 10.5. The molecule has 3 nitrogen and oxygen atoms in total. The first-order valence-corrected chi connectivity index (χ1v) is 23.2.